The Hall–Kier alpha value is -1.91. The van der Waals surface area contributed by atoms with Gasteiger partial charge in [0, 0.05) is 43.5 Å². The Kier molecular flexibility index (Phi) is 5.26. The molecule has 1 saturated heterocycles. The van der Waals surface area contributed by atoms with Crippen LogP contribution < -0.4 is 5.32 Å². The highest BCUT2D eigenvalue weighted by Crippen LogP contribution is 2.25. The largest absolute Gasteiger partial charge is 0.333 e. The first kappa shape index (κ1) is 16.0. The van der Waals surface area contributed by atoms with Crippen LogP contribution in [0.15, 0.2) is 48.8 Å². The summed E-state index contributed by atoms with van der Waals surface area (Å²) in [4.78, 5) is 18.7. The smallest absolute Gasteiger partial charge is 0.223 e. The highest BCUT2D eigenvalue weighted by atomic mass is 35.5. The molecule has 2 aromatic rings. The van der Waals surface area contributed by atoms with Crippen molar-refractivity contribution in [2.75, 3.05) is 19.6 Å². The number of carbonyl (C=O) groups excluding carboxylic acids is 1. The van der Waals surface area contributed by atoms with Crippen molar-refractivity contribution >= 4 is 17.5 Å². The summed E-state index contributed by atoms with van der Waals surface area (Å²) in [5.41, 5.74) is 2.23. The highest BCUT2D eigenvalue weighted by Gasteiger charge is 2.27. The second kappa shape index (κ2) is 7.57. The fourth-order valence-corrected chi connectivity index (χ4v) is 3.16. The predicted molar refractivity (Wildman–Crippen MR) is 91.3 cm³/mol. The summed E-state index contributed by atoms with van der Waals surface area (Å²) >= 11 is 6.10. The molecule has 0 aliphatic carbocycles. The van der Waals surface area contributed by atoms with Gasteiger partial charge in [0.05, 0.1) is 6.04 Å². The SMILES string of the molecule is O=C(CCc1ccncc1)N1CCNCC1c1cccc(Cl)c1. The van der Waals surface area contributed by atoms with Crippen molar-refractivity contribution in [2.24, 2.45) is 0 Å². The van der Waals surface area contributed by atoms with E-state index in [4.69, 9.17) is 11.6 Å². The van der Waals surface area contributed by atoms with Gasteiger partial charge in [0.2, 0.25) is 5.91 Å². The molecular formula is C18H20ClN3O. The Morgan fingerprint density at radius 1 is 1.30 bits per heavy atom. The van der Waals surface area contributed by atoms with Crippen molar-refractivity contribution in [2.45, 2.75) is 18.9 Å². The molecule has 0 spiro atoms. The number of piperazine rings is 1. The molecule has 2 heterocycles. The molecule has 0 bridgehead atoms. The Balaban J connectivity index is 1.69. The molecule has 1 aromatic carbocycles. The number of hydrogen-bond acceptors (Lipinski definition) is 3. The van der Waals surface area contributed by atoms with Crippen LogP contribution in [0.2, 0.25) is 5.02 Å². The monoisotopic (exact) mass is 329 g/mol. The molecule has 3 rings (SSSR count). The van der Waals surface area contributed by atoms with Crippen molar-refractivity contribution in [1.29, 1.82) is 0 Å². The molecular weight excluding hydrogens is 310 g/mol. The van der Waals surface area contributed by atoms with E-state index in [1.807, 2.05) is 41.3 Å². The maximum absolute atomic E-state index is 12.7. The van der Waals surface area contributed by atoms with Crippen LogP contribution in [-0.2, 0) is 11.2 Å². The van der Waals surface area contributed by atoms with Crippen molar-refractivity contribution < 1.29 is 4.79 Å². The van der Waals surface area contributed by atoms with Crippen LogP contribution >= 0.6 is 11.6 Å². The first-order valence-electron chi connectivity index (χ1n) is 7.88. The van der Waals surface area contributed by atoms with Crippen LogP contribution in [0.1, 0.15) is 23.6 Å². The summed E-state index contributed by atoms with van der Waals surface area (Å²) in [6.45, 7) is 2.33. The van der Waals surface area contributed by atoms with Crippen LogP contribution in [0.5, 0.6) is 0 Å². The van der Waals surface area contributed by atoms with Gasteiger partial charge in [-0.3, -0.25) is 9.78 Å². The first-order valence-corrected chi connectivity index (χ1v) is 8.26. The van der Waals surface area contributed by atoms with E-state index in [1.165, 1.54) is 0 Å². The third kappa shape index (κ3) is 4.09. The lowest BCUT2D eigenvalue weighted by Gasteiger charge is -2.36. The van der Waals surface area contributed by atoms with Gasteiger partial charge in [0.15, 0.2) is 0 Å². The van der Waals surface area contributed by atoms with E-state index in [9.17, 15) is 4.79 Å². The minimum Gasteiger partial charge on any atom is -0.333 e. The molecule has 23 heavy (non-hydrogen) atoms. The second-order valence-electron chi connectivity index (χ2n) is 5.72. The second-order valence-corrected chi connectivity index (χ2v) is 6.15. The summed E-state index contributed by atoms with van der Waals surface area (Å²) < 4.78 is 0. The van der Waals surface area contributed by atoms with Gasteiger partial charge in [-0.2, -0.15) is 0 Å². The maximum Gasteiger partial charge on any atom is 0.223 e. The Bertz CT molecular complexity index is 662. The predicted octanol–water partition coefficient (Wildman–Crippen LogP) is 2.84. The van der Waals surface area contributed by atoms with E-state index in [0.29, 0.717) is 11.4 Å². The van der Waals surface area contributed by atoms with Gasteiger partial charge in [-0.05, 0) is 41.8 Å². The molecule has 120 valence electrons. The number of nitrogens with one attached hydrogen (secondary N) is 1. The summed E-state index contributed by atoms with van der Waals surface area (Å²) in [6, 6.07) is 11.7. The molecule has 5 heteroatoms. The van der Waals surface area contributed by atoms with Crippen LogP contribution in [-0.4, -0.2) is 35.4 Å². The molecule has 1 amide bonds. The molecule has 1 aliphatic rings. The average Bonchev–Trinajstić information content (AvgIpc) is 2.60. The van der Waals surface area contributed by atoms with E-state index in [0.717, 1.165) is 37.2 Å². The summed E-state index contributed by atoms with van der Waals surface area (Å²) in [5, 5.41) is 4.07. The molecule has 1 fully saturated rings. The van der Waals surface area contributed by atoms with Gasteiger partial charge in [0.1, 0.15) is 0 Å². The number of amides is 1. The molecule has 1 aliphatic heterocycles. The van der Waals surface area contributed by atoms with Gasteiger partial charge >= 0.3 is 0 Å². The molecule has 0 radical (unpaired) electrons. The number of aromatic nitrogens is 1. The Morgan fingerprint density at radius 3 is 2.91 bits per heavy atom. The van der Waals surface area contributed by atoms with E-state index >= 15 is 0 Å². The fourth-order valence-electron chi connectivity index (χ4n) is 2.96. The van der Waals surface area contributed by atoms with E-state index in [-0.39, 0.29) is 11.9 Å². The summed E-state index contributed by atoms with van der Waals surface area (Å²) in [5.74, 6) is 0.188. The topological polar surface area (TPSA) is 45.2 Å². The van der Waals surface area contributed by atoms with Gasteiger partial charge < -0.3 is 10.2 Å². The molecule has 1 atom stereocenters. The van der Waals surface area contributed by atoms with Gasteiger partial charge in [-0.25, -0.2) is 0 Å². The van der Waals surface area contributed by atoms with Crippen molar-refractivity contribution in [3.8, 4) is 0 Å². The zero-order chi connectivity index (χ0) is 16.1. The first-order chi connectivity index (χ1) is 11.2. The molecule has 0 saturated carbocycles. The van der Waals surface area contributed by atoms with Gasteiger partial charge in [-0.1, -0.05) is 23.7 Å². The number of hydrogen-bond donors (Lipinski definition) is 1. The van der Waals surface area contributed by atoms with E-state index in [2.05, 4.69) is 10.3 Å². The third-order valence-corrected chi connectivity index (χ3v) is 4.41. The van der Waals surface area contributed by atoms with Crippen LogP contribution in [0.4, 0.5) is 0 Å². The number of carbonyl (C=O) groups is 1. The number of rotatable bonds is 4. The van der Waals surface area contributed by atoms with Crippen molar-refractivity contribution in [3.63, 3.8) is 0 Å². The zero-order valence-corrected chi connectivity index (χ0v) is 13.7. The molecule has 1 N–H and O–H groups in total. The number of benzene rings is 1. The van der Waals surface area contributed by atoms with E-state index in [1.54, 1.807) is 12.4 Å². The number of halogens is 1. The number of pyridine rings is 1. The third-order valence-electron chi connectivity index (χ3n) is 4.17. The normalized spacial score (nSPS) is 18.0. The van der Waals surface area contributed by atoms with Crippen LogP contribution in [0.3, 0.4) is 0 Å². The van der Waals surface area contributed by atoms with Crippen molar-refractivity contribution in [3.05, 3.63) is 64.9 Å². The Labute approximate surface area is 141 Å². The summed E-state index contributed by atoms with van der Waals surface area (Å²) in [7, 11) is 0. The van der Waals surface area contributed by atoms with Gasteiger partial charge in [-0.15, -0.1) is 0 Å². The van der Waals surface area contributed by atoms with Crippen molar-refractivity contribution in [1.82, 2.24) is 15.2 Å². The van der Waals surface area contributed by atoms with E-state index < -0.39 is 0 Å². The molecule has 1 unspecified atom stereocenters. The lowest BCUT2D eigenvalue weighted by atomic mass is 10.0. The van der Waals surface area contributed by atoms with Crippen LogP contribution in [0, 0.1) is 0 Å². The number of aryl methyl sites for hydroxylation is 1. The highest BCUT2D eigenvalue weighted by molar-refractivity contribution is 6.30. The summed E-state index contributed by atoms with van der Waals surface area (Å²) in [6.07, 6.45) is 4.79. The quantitative estimate of drug-likeness (QED) is 0.938. The molecule has 4 nitrogen and oxygen atoms in total. The minimum atomic E-state index is 0.0485. The van der Waals surface area contributed by atoms with Crippen LogP contribution in [0.25, 0.3) is 0 Å². The lowest BCUT2D eigenvalue weighted by Crippen LogP contribution is -2.48. The maximum atomic E-state index is 12.7. The fraction of sp³-hybridized carbons (Fsp3) is 0.333. The number of nitrogens with zero attached hydrogens (tertiary/aromatic N) is 2. The zero-order valence-electron chi connectivity index (χ0n) is 12.9. The van der Waals surface area contributed by atoms with Gasteiger partial charge in [0.25, 0.3) is 0 Å². The molecule has 1 aromatic heterocycles. The Morgan fingerprint density at radius 2 is 2.13 bits per heavy atom. The average molecular weight is 330 g/mol. The minimum absolute atomic E-state index is 0.0485. The lowest BCUT2D eigenvalue weighted by molar-refractivity contribution is -0.134. The standard InChI is InChI=1S/C18H20ClN3O/c19-16-3-1-2-15(12-16)17-13-21-10-11-22(17)18(23)5-4-14-6-8-20-9-7-14/h1-3,6-9,12,17,21H,4-5,10-11,13H2.